The minimum atomic E-state index is -0.485. The van der Waals surface area contributed by atoms with Crippen molar-refractivity contribution in [3.8, 4) is 5.75 Å². The summed E-state index contributed by atoms with van der Waals surface area (Å²) in [5, 5.41) is 19.1. The van der Waals surface area contributed by atoms with Gasteiger partial charge in [-0.05, 0) is 30.7 Å². The number of nitro groups is 1. The van der Waals surface area contributed by atoms with Crippen LogP contribution >= 0.6 is 0 Å². The van der Waals surface area contributed by atoms with Crippen LogP contribution in [0.4, 0.5) is 11.6 Å². The molecule has 2 heterocycles. The van der Waals surface area contributed by atoms with Gasteiger partial charge >= 0.3 is 5.69 Å². The maximum atomic E-state index is 10.8. The van der Waals surface area contributed by atoms with E-state index in [0.717, 1.165) is 16.8 Å². The lowest BCUT2D eigenvalue weighted by Gasteiger charge is -2.09. The number of hydrogen-bond acceptors (Lipinski definition) is 7. The van der Waals surface area contributed by atoms with Crippen LogP contribution in [-0.4, -0.2) is 37.7 Å². The number of aryl methyl sites for hydroxylation is 1. The highest BCUT2D eigenvalue weighted by atomic mass is 16.6. The van der Waals surface area contributed by atoms with Crippen LogP contribution in [0.1, 0.15) is 16.8 Å². The van der Waals surface area contributed by atoms with Gasteiger partial charge in [-0.15, -0.1) is 0 Å². The van der Waals surface area contributed by atoms with Gasteiger partial charge in [0, 0.05) is 5.56 Å². The molecule has 0 spiro atoms. The van der Waals surface area contributed by atoms with Gasteiger partial charge < -0.3 is 10.5 Å². The minimum absolute atomic E-state index is 0.0624. The van der Waals surface area contributed by atoms with E-state index in [1.807, 2.05) is 19.1 Å². The number of methoxy groups -OCH3 is 1. The van der Waals surface area contributed by atoms with Crippen LogP contribution in [0, 0.1) is 17.0 Å². The fourth-order valence-electron chi connectivity index (χ4n) is 2.44. The topological polar surface area (TPSA) is 126 Å². The molecule has 0 saturated heterocycles. The second-order valence-electron chi connectivity index (χ2n) is 5.55. The smallest absolute Gasteiger partial charge is 0.307 e. The van der Waals surface area contributed by atoms with E-state index in [2.05, 4.69) is 15.2 Å². The number of benzene rings is 1. The maximum Gasteiger partial charge on any atom is 0.307 e. The Bertz CT molecular complexity index is 974. The Kier molecular flexibility index (Phi) is 4.65. The van der Waals surface area contributed by atoms with Crippen molar-refractivity contribution in [3.63, 3.8) is 0 Å². The third kappa shape index (κ3) is 3.69. The number of nitrogen functional groups attached to an aromatic ring is 1. The third-order valence-corrected chi connectivity index (χ3v) is 3.63. The lowest BCUT2D eigenvalue weighted by molar-refractivity contribution is -0.385. The SMILES string of the molecule is COc1ccc(C=Nn2cc(C)nc2N)cc1Cn1cc([N+](=O)[O-])cn1. The van der Waals surface area contributed by atoms with Crippen molar-refractivity contribution in [2.75, 3.05) is 12.8 Å². The molecule has 0 aliphatic rings. The van der Waals surface area contributed by atoms with Gasteiger partial charge in [0.15, 0.2) is 0 Å². The Hall–Kier alpha value is -3.69. The molecule has 0 saturated carbocycles. The summed E-state index contributed by atoms with van der Waals surface area (Å²) < 4.78 is 8.32. The fraction of sp³-hybridized carbons (Fsp3) is 0.188. The first-order valence-corrected chi connectivity index (χ1v) is 7.66. The van der Waals surface area contributed by atoms with E-state index in [-0.39, 0.29) is 5.69 Å². The molecule has 0 aliphatic heterocycles. The summed E-state index contributed by atoms with van der Waals surface area (Å²) in [7, 11) is 1.56. The molecule has 10 heteroatoms. The number of anilines is 1. The average Bonchev–Trinajstić information content (AvgIpc) is 3.19. The molecular weight excluding hydrogens is 338 g/mol. The Morgan fingerprint density at radius 2 is 2.23 bits per heavy atom. The molecule has 10 nitrogen and oxygen atoms in total. The largest absolute Gasteiger partial charge is 0.496 e. The number of ether oxygens (including phenoxy) is 1. The van der Waals surface area contributed by atoms with Gasteiger partial charge in [-0.25, -0.2) is 9.66 Å². The number of nitrogens with two attached hydrogens (primary N) is 1. The molecule has 2 N–H and O–H groups in total. The third-order valence-electron chi connectivity index (χ3n) is 3.63. The molecule has 0 aliphatic carbocycles. The van der Waals surface area contributed by atoms with Crippen molar-refractivity contribution in [3.05, 3.63) is 63.7 Å². The van der Waals surface area contributed by atoms with Gasteiger partial charge in [-0.3, -0.25) is 14.8 Å². The predicted octanol–water partition coefficient (Wildman–Crippen LogP) is 1.82. The molecule has 0 atom stereocenters. The van der Waals surface area contributed by atoms with Gasteiger partial charge in [0.1, 0.15) is 18.1 Å². The Morgan fingerprint density at radius 1 is 1.42 bits per heavy atom. The first-order chi connectivity index (χ1) is 12.5. The minimum Gasteiger partial charge on any atom is -0.496 e. The summed E-state index contributed by atoms with van der Waals surface area (Å²) in [6.45, 7) is 2.15. The Morgan fingerprint density at radius 3 is 2.85 bits per heavy atom. The molecular formula is C16H17N7O3. The van der Waals surface area contributed by atoms with Crippen molar-refractivity contribution < 1.29 is 9.66 Å². The van der Waals surface area contributed by atoms with Crippen LogP contribution in [0.5, 0.6) is 5.75 Å². The lowest BCUT2D eigenvalue weighted by Crippen LogP contribution is -2.03. The van der Waals surface area contributed by atoms with E-state index in [1.54, 1.807) is 25.6 Å². The number of rotatable bonds is 6. The zero-order chi connectivity index (χ0) is 18.7. The van der Waals surface area contributed by atoms with E-state index in [9.17, 15) is 10.1 Å². The van der Waals surface area contributed by atoms with Crippen LogP contribution in [-0.2, 0) is 6.54 Å². The number of aromatic nitrogens is 4. The molecule has 26 heavy (non-hydrogen) atoms. The van der Waals surface area contributed by atoms with E-state index in [4.69, 9.17) is 10.5 Å². The molecule has 3 aromatic rings. The summed E-state index contributed by atoms with van der Waals surface area (Å²) in [6.07, 6.45) is 5.95. The van der Waals surface area contributed by atoms with E-state index in [0.29, 0.717) is 18.2 Å². The molecule has 0 fully saturated rings. The summed E-state index contributed by atoms with van der Waals surface area (Å²) >= 11 is 0. The lowest BCUT2D eigenvalue weighted by atomic mass is 10.1. The van der Waals surface area contributed by atoms with Gasteiger partial charge in [0.05, 0.1) is 36.7 Å². The average molecular weight is 355 g/mol. The second kappa shape index (κ2) is 7.05. The zero-order valence-electron chi connectivity index (χ0n) is 14.2. The summed E-state index contributed by atoms with van der Waals surface area (Å²) in [5.41, 5.74) is 8.10. The summed E-state index contributed by atoms with van der Waals surface area (Å²) in [4.78, 5) is 14.4. The van der Waals surface area contributed by atoms with Crippen LogP contribution in [0.3, 0.4) is 0 Å². The van der Waals surface area contributed by atoms with Gasteiger partial charge in [-0.2, -0.15) is 10.2 Å². The maximum absolute atomic E-state index is 10.8. The molecule has 0 bridgehead atoms. The van der Waals surface area contributed by atoms with E-state index in [1.165, 1.54) is 21.8 Å². The Balaban J connectivity index is 1.86. The molecule has 0 unspecified atom stereocenters. The highest BCUT2D eigenvalue weighted by molar-refractivity contribution is 5.80. The van der Waals surface area contributed by atoms with Crippen molar-refractivity contribution in [2.45, 2.75) is 13.5 Å². The molecule has 2 aromatic heterocycles. The van der Waals surface area contributed by atoms with Crippen molar-refractivity contribution in [1.82, 2.24) is 19.4 Å². The quantitative estimate of drug-likeness (QED) is 0.408. The van der Waals surface area contributed by atoms with Gasteiger partial charge in [0.25, 0.3) is 0 Å². The normalized spacial score (nSPS) is 11.2. The molecule has 0 radical (unpaired) electrons. The predicted molar refractivity (Wildman–Crippen MR) is 95.3 cm³/mol. The van der Waals surface area contributed by atoms with Crippen molar-refractivity contribution >= 4 is 17.9 Å². The monoisotopic (exact) mass is 355 g/mol. The fourth-order valence-corrected chi connectivity index (χ4v) is 2.44. The van der Waals surface area contributed by atoms with E-state index >= 15 is 0 Å². The zero-order valence-corrected chi connectivity index (χ0v) is 14.2. The number of nitrogens with zero attached hydrogens (tertiary/aromatic N) is 6. The molecule has 0 amide bonds. The van der Waals surface area contributed by atoms with Gasteiger partial charge in [0.2, 0.25) is 5.95 Å². The molecule has 134 valence electrons. The Labute approximate surface area is 148 Å². The number of hydrogen-bond donors (Lipinski definition) is 1. The highest BCUT2D eigenvalue weighted by Crippen LogP contribution is 2.21. The molecule has 1 aromatic carbocycles. The first kappa shape index (κ1) is 17.1. The summed E-state index contributed by atoms with van der Waals surface area (Å²) in [6, 6.07) is 5.52. The van der Waals surface area contributed by atoms with Crippen LogP contribution in [0.2, 0.25) is 0 Å². The van der Waals surface area contributed by atoms with E-state index < -0.39 is 4.92 Å². The summed E-state index contributed by atoms with van der Waals surface area (Å²) in [5.74, 6) is 0.953. The van der Waals surface area contributed by atoms with Crippen LogP contribution < -0.4 is 10.5 Å². The van der Waals surface area contributed by atoms with Crippen molar-refractivity contribution in [2.24, 2.45) is 5.10 Å². The highest BCUT2D eigenvalue weighted by Gasteiger charge is 2.11. The molecule has 3 rings (SSSR count). The van der Waals surface area contributed by atoms with Crippen LogP contribution in [0.15, 0.2) is 41.9 Å². The number of imidazole rings is 1. The van der Waals surface area contributed by atoms with Crippen molar-refractivity contribution in [1.29, 1.82) is 0 Å². The van der Waals surface area contributed by atoms with Gasteiger partial charge in [-0.1, -0.05) is 0 Å². The first-order valence-electron chi connectivity index (χ1n) is 7.66. The second-order valence-corrected chi connectivity index (χ2v) is 5.55. The standard InChI is InChI=1S/C16H17N7O3/c1-11-8-22(16(17)20-11)19-6-12-3-4-15(26-2)13(5-12)9-21-10-14(7-18-21)23(24)25/h3-8,10H,9H2,1-2H3,(H2,17,20). The van der Waals surface area contributed by atoms with Crippen LogP contribution in [0.25, 0.3) is 0 Å².